The van der Waals surface area contributed by atoms with Gasteiger partial charge in [-0.15, -0.1) is 0 Å². The van der Waals surface area contributed by atoms with Crippen LogP contribution in [0, 0.1) is 29.9 Å². The maximum absolute atomic E-state index is 13.5. The summed E-state index contributed by atoms with van der Waals surface area (Å²) < 4.78 is 27.0. The minimum Gasteiger partial charge on any atom is -0.349 e. The van der Waals surface area contributed by atoms with Crippen LogP contribution in [0.4, 0.5) is 20.2 Å². The molecule has 90 valence electrons. The van der Waals surface area contributed by atoms with Gasteiger partial charge in [0.05, 0.1) is 11.3 Å². The van der Waals surface area contributed by atoms with E-state index in [0.717, 1.165) is 17.7 Å². The zero-order valence-electron chi connectivity index (χ0n) is 9.67. The van der Waals surface area contributed by atoms with Crippen LogP contribution in [0.15, 0.2) is 36.4 Å². The minimum atomic E-state index is -0.692. The molecule has 0 aliphatic heterocycles. The van der Waals surface area contributed by atoms with E-state index in [2.05, 4.69) is 5.32 Å². The number of aryl methyl sites for hydroxylation is 1. The van der Waals surface area contributed by atoms with E-state index < -0.39 is 11.6 Å². The molecule has 0 aliphatic rings. The average Bonchev–Trinajstić information content (AvgIpc) is 2.35. The fourth-order valence-electron chi connectivity index (χ4n) is 1.67. The van der Waals surface area contributed by atoms with Gasteiger partial charge in [-0.1, -0.05) is 18.2 Å². The highest BCUT2D eigenvalue weighted by atomic mass is 19.1. The summed E-state index contributed by atoms with van der Waals surface area (Å²) in [7, 11) is 0. The van der Waals surface area contributed by atoms with Crippen LogP contribution in [0.1, 0.15) is 11.1 Å². The van der Waals surface area contributed by atoms with E-state index in [1.165, 1.54) is 6.07 Å². The number of para-hydroxylation sites is 2. The van der Waals surface area contributed by atoms with Crippen molar-refractivity contribution in [3.63, 3.8) is 0 Å². The van der Waals surface area contributed by atoms with Crippen LogP contribution < -0.4 is 5.32 Å². The number of hydrogen-bond acceptors (Lipinski definition) is 2. The summed E-state index contributed by atoms with van der Waals surface area (Å²) in [6, 6.07) is 10.7. The Morgan fingerprint density at radius 1 is 1.00 bits per heavy atom. The molecule has 0 aliphatic carbocycles. The van der Waals surface area contributed by atoms with Crippen molar-refractivity contribution in [2.45, 2.75) is 6.92 Å². The summed E-state index contributed by atoms with van der Waals surface area (Å²) in [6.07, 6.45) is 0. The quantitative estimate of drug-likeness (QED) is 0.869. The van der Waals surface area contributed by atoms with E-state index in [1.54, 1.807) is 25.1 Å². The van der Waals surface area contributed by atoms with E-state index in [0.29, 0.717) is 11.3 Å². The number of nitrogens with one attached hydrogen (secondary N) is 1. The summed E-state index contributed by atoms with van der Waals surface area (Å²) in [6.45, 7) is 1.77. The second-order valence-electron chi connectivity index (χ2n) is 3.83. The van der Waals surface area contributed by atoms with Gasteiger partial charge in [-0.05, 0) is 30.7 Å². The Balaban J connectivity index is 2.50. The van der Waals surface area contributed by atoms with Gasteiger partial charge in [-0.2, -0.15) is 5.26 Å². The Morgan fingerprint density at radius 2 is 1.61 bits per heavy atom. The largest absolute Gasteiger partial charge is 0.349 e. The molecular weight excluding hydrogens is 234 g/mol. The molecule has 2 rings (SSSR count). The highest BCUT2D eigenvalue weighted by Gasteiger charge is 2.12. The van der Waals surface area contributed by atoms with Crippen molar-refractivity contribution in [1.82, 2.24) is 0 Å². The molecule has 0 saturated carbocycles. The Morgan fingerprint density at radius 3 is 2.22 bits per heavy atom. The van der Waals surface area contributed by atoms with Crippen molar-refractivity contribution in [2.24, 2.45) is 0 Å². The van der Waals surface area contributed by atoms with Gasteiger partial charge in [0.15, 0.2) is 0 Å². The van der Waals surface area contributed by atoms with Gasteiger partial charge in [0, 0.05) is 0 Å². The van der Waals surface area contributed by atoms with E-state index in [4.69, 9.17) is 5.26 Å². The molecule has 0 heterocycles. The second-order valence-corrected chi connectivity index (χ2v) is 3.83. The van der Waals surface area contributed by atoms with Crippen molar-refractivity contribution < 1.29 is 8.78 Å². The molecule has 0 aromatic heterocycles. The van der Waals surface area contributed by atoms with Crippen molar-refractivity contribution in [3.8, 4) is 6.07 Å². The molecule has 2 aromatic carbocycles. The molecule has 0 amide bonds. The third-order valence-electron chi connectivity index (χ3n) is 2.61. The summed E-state index contributed by atoms with van der Waals surface area (Å²) in [5, 5.41) is 11.6. The fraction of sp³-hybridized carbons (Fsp3) is 0.0714. The van der Waals surface area contributed by atoms with Gasteiger partial charge < -0.3 is 5.32 Å². The Bertz CT molecular complexity index is 610. The lowest BCUT2D eigenvalue weighted by molar-refractivity contribution is 0.591. The van der Waals surface area contributed by atoms with Gasteiger partial charge in [0.25, 0.3) is 0 Å². The smallest absolute Gasteiger partial charge is 0.149 e. The van der Waals surface area contributed by atoms with Crippen LogP contribution >= 0.6 is 0 Å². The molecule has 0 fully saturated rings. The van der Waals surface area contributed by atoms with Crippen molar-refractivity contribution in [1.29, 1.82) is 5.26 Å². The number of rotatable bonds is 2. The molecular formula is C14H10F2N2. The number of halogens is 2. The van der Waals surface area contributed by atoms with Crippen molar-refractivity contribution in [2.75, 3.05) is 5.32 Å². The van der Waals surface area contributed by atoms with Crippen LogP contribution in [-0.2, 0) is 0 Å². The predicted octanol–water partition coefficient (Wildman–Crippen LogP) is 3.89. The maximum Gasteiger partial charge on any atom is 0.149 e. The van der Waals surface area contributed by atoms with Gasteiger partial charge in [-0.25, -0.2) is 8.78 Å². The third kappa shape index (κ3) is 2.16. The first-order chi connectivity index (χ1) is 8.63. The van der Waals surface area contributed by atoms with Gasteiger partial charge in [-0.3, -0.25) is 0 Å². The monoisotopic (exact) mass is 244 g/mol. The highest BCUT2D eigenvalue weighted by Crippen LogP contribution is 2.27. The highest BCUT2D eigenvalue weighted by molar-refractivity contribution is 5.70. The number of nitriles is 1. The van der Waals surface area contributed by atoms with E-state index >= 15 is 0 Å². The van der Waals surface area contributed by atoms with Crippen molar-refractivity contribution in [3.05, 3.63) is 59.2 Å². The number of benzene rings is 2. The van der Waals surface area contributed by atoms with Gasteiger partial charge in [0.2, 0.25) is 0 Å². The van der Waals surface area contributed by atoms with E-state index in [-0.39, 0.29) is 5.69 Å². The molecule has 1 N–H and O–H groups in total. The molecule has 0 atom stereocenters. The first-order valence-corrected chi connectivity index (χ1v) is 5.34. The lowest BCUT2D eigenvalue weighted by atomic mass is 10.1. The molecule has 0 bridgehead atoms. The minimum absolute atomic E-state index is 0.247. The summed E-state index contributed by atoms with van der Waals surface area (Å²) in [5.41, 5.74) is 1.27. The lowest BCUT2D eigenvalue weighted by Crippen LogP contribution is -2.01. The number of nitrogens with zero attached hydrogens (tertiary/aromatic N) is 1. The summed E-state index contributed by atoms with van der Waals surface area (Å²) >= 11 is 0. The Kier molecular flexibility index (Phi) is 3.24. The molecule has 2 nitrogen and oxygen atoms in total. The molecule has 0 saturated heterocycles. The first kappa shape index (κ1) is 12.1. The standard InChI is InChI=1S/C14H10F2N2/c1-9-4-2-5-10(8-17)13(9)18-14-11(15)6-3-7-12(14)16/h2-7,18H,1H3. The molecule has 18 heavy (non-hydrogen) atoms. The van der Waals surface area contributed by atoms with E-state index in [1.807, 2.05) is 6.07 Å². The molecule has 0 spiro atoms. The van der Waals surface area contributed by atoms with Crippen LogP contribution in [0.2, 0.25) is 0 Å². The first-order valence-electron chi connectivity index (χ1n) is 5.34. The Labute approximate surface area is 103 Å². The second kappa shape index (κ2) is 4.84. The molecule has 0 radical (unpaired) electrons. The third-order valence-corrected chi connectivity index (χ3v) is 2.61. The summed E-state index contributed by atoms with van der Waals surface area (Å²) in [5.74, 6) is -1.38. The summed E-state index contributed by atoms with van der Waals surface area (Å²) in [4.78, 5) is 0. The maximum atomic E-state index is 13.5. The molecule has 2 aromatic rings. The van der Waals surface area contributed by atoms with Crippen LogP contribution in [0.25, 0.3) is 0 Å². The molecule has 4 heteroatoms. The van der Waals surface area contributed by atoms with Gasteiger partial charge >= 0.3 is 0 Å². The van der Waals surface area contributed by atoms with E-state index in [9.17, 15) is 8.78 Å². The topological polar surface area (TPSA) is 35.8 Å². The number of hydrogen-bond donors (Lipinski definition) is 1. The molecule has 0 unspecified atom stereocenters. The lowest BCUT2D eigenvalue weighted by Gasteiger charge is -2.12. The van der Waals surface area contributed by atoms with Gasteiger partial charge in [0.1, 0.15) is 23.4 Å². The van der Waals surface area contributed by atoms with Crippen LogP contribution in [-0.4, -0.2) is 0 Å². The Hall–Kier alpha value is -2.41. The number of anilines is 2. The zero-order chi connectivity index (χ0) is 13.1. The van der Waals surface area contributed by atoms with Crippen LogP contribution in [0.3, 0.4) is 0 Å². The fourth-order valence-corrected chi connectivity index (χ4v) is 1.67. The zero-order valence-corrected chi connectivity index (χ0v) is 9.67. The van der Waals surface area contributed by atoms with Crippen LogP contribution in [0.5, 0.6) is 0 Å². The SMILES string of the molecule is Cc1cccc(C#N)c1Nc1c(F)cccc1F. The average molecular weight is 244 g/mol. The normalized spacial score (nSPS) is 9.89. The van der Waals surface area contributed by atoms with Crippen molar-refractivity contribution >= 4 is 11.4 Å². The predicted molar refractivity (Wildman–Crippen MR) is 65.5 cm³/mol.